The molecule has 1 heterocycles. The molecule has 0 saturated heterocycles. The summed E-state index contributed by atoms with van der Waals surface area (Å²) in [5.41, 5.74) is 1.22. The lowest BCUT2D eigenvalue weighted by atomic mass is 9.85. The van der Waals surface area contributed by atoms with Crippen LogP contribution in [0.3, 0.4) is 0 Å². The maximum atomic E-state index is 4.22. The molecule has 0 aliphatic heterocycles. The molecule has 1 aromatic carbocycles. The highest BCUT2D eigenvalue weighted by Gasteiger charge is 2.26. The molecule has 0 aliphatic rings. The van der Waals surface area contributed by atoms with Crippen molar-refractivity contribution in [1.29, 1.82) is 0 Å². The predicted octanol–water partition coefficient (Wildman–Crippen LogP) is 3.47. The van der Waals surface area contributed by atoms with Crippen molar-refractivity contribution >= 4 is 33.9 Å². The minimum Gasteiger partial charge on any atom is -0.142 e. The summed E-state index contributed by atoms with van der Waals surface area (Å²) < 4.78 is 0.992. The topological polar surface area (TPSA) is 25.8 Å². The lowest BCUT2D eigenvalue weighted by Gasteiger charge is -2.21. The normalized spacial score (nSPS) is 11.7. The number of nitrogens with zero attached hydrogens (tertiary/aromatic N) is 2. The van der Waals surface area contributed by atoms with Gasteiger partial charge in [-0.2, -0.15) is 0 Å². The van der Waals surface area contributed by atoms with Crippen LogP contribution in [-0.2, 0) is 5.41 Å². The molecule has 0 saturated carbocycles. The molecular weight excluding hydrogens is 319 g/mol. The van der Waals surface area contributed by atoms with Crippen LogP contribution in [0.2, 0.25) is 0 Å². The molecule has 0 atom stereocenters. The monoisotopic (exact) mass is 330 g/mol. The van der Waals surface area contributed by atoms with Crippen LogP contribution in [-0.4, -0.2) is 10.2 Å². The van der Waals surface area contributed by atoms with E-state index in [1.165, 1.54) is 5.56 Å². The van der Waals surface area contributed by atoms with Crippen LogP contribution in [0.5, 0.6) is 0 Å². The summed E-state index contributed by atoms with van der Waals surface area (Å²) in [7, 11) is 0. The molecule has 4 heteroatoms. The van der Waals surface area contributed by atoms with Crippen molar-refractivity contribution in [2.75, 3.05) is 0 Å². The van der Waals surface area contributed by atoms with E-state index < -0.39 is 0 Å². The highest BCUT2D eigenvalue weighted by molar-refractivity contribution is 14.1. The summed E-state index contributed by atoms with van der Waals surface area (Å²) in [5.74, 6) is 0. The average molecular weight is 330 g/mol. The standard InChI is InChI=1S/C11H11IN2S/c1-11(2,8-6-4-3-5-7-8)9-13-14-10(12)15-9/h3-7H,1-2H3. The van der Waals surface area contributed by atoms with Crippen molar-refractivity contribution in [3.63, 3.8) is 0 Å². The van der Waals surface area contributed by atoms with Gasteiger partial charge < -0.3 is 0 Å². The largest absolute Gasteiger partial charge is 0.178 e. The van der Waals surface area contributed by atoms with Crippen LogP contribution in [0.1, 0.15) is 24.4 Å². The molecular formula is C11H11IN2S. The fraction of sp³-hybridized carbons (Fsp3) is 0.273. The van der Waals surface area contributed by atoms with Gasteiger partial charge in [-0.1, -0.05) is 41.7 Å². The molecule has 2 aromatic rings. The number of rotatable bonds is 2. The van der Waals surface area contributed by atoms with E-state index in [4.69, 9.17) is 0 Å². The molecule has 1 aromatic heterocycles. The zero-order valence-electron chi connectivity index (χ0n) is 8.57. The van der Waals surface area contributed by atoms with E-state index >= 15 is 0 Å². The summed E-state index contributed by atoms with van der Waals surface area (Å²) in [6, 6.07) is 10.4. The summed E-state index contributed by atoms with van der Waals surface area (Å²) in [6.07, 6.45) is 0. The average Bonchev–Trinajstić information content (AvgIpc) is 2.67. The Hall–Kier alpha value is -0.490. The van der Waals surface area contributed by atoms with Crippen LogP contribution < -0.4 is 0 Å². The van der Waals surface area contributed by atoms with Gasteiger partial charge in [0, 0.05) is 5.41 Å². The van der Waals surface area contributed by atoms with Gasteiger partial charge in [-0.05, 0) is 42.0 Å². The lowest BCUT2D eigenvalue weighted by molar-refractivity contribution is 0.625. The van der Waals surface area contributed by atoms with Gasteiger partial charge in [0.1, 0.15) is 5.01 Å². The molecule has 0 radical (unpaired) electrons. The van der Waals surface area contributed by atoms with Gasteiger partial charge >= 0.3 is 0 Å². The van der Waals surface area contributed by atoms with Gasteiger partial charge in [0.2, 0.25) is 0 Å². The second-order valence-electron chi connectivity index (χ2n) is 3.85. The Morgan fingerprint density at radius 1 is 1.13 bits per heavy atom. The summed E-state index contributed by atoms with van der Waals surface area (Å²) >= 11 is 3.86. The van der Waals surface area contributed by atoms with Gasteiger partial charge in [0.05, 0.1) is 0 Å². The SMILES string of the molecule is CC(C)(c1ccccc1)c1nnc(I)s1. The van der Waals surface area contributed by atoms with Crippen molar-refractivity contribution in [2.24, 2.45) is 0 Å². The van der Waals surface area contributed by atoms with E-state index in [2.05, 4.69) is 70.9 Å². The molecule has 78 valence electrons. The molecule has 2 rings (SSSR count). The van der Waals surface area contributed by atoms with E-state index in [0.29, 0.717) is 0 Å². The fourth-order valence-corrected chi connectivity index (χ4v) is 2.87. The van der Waals surface area contributed by atoms with E-state index in [0.717, 1.165) is 8.02 Å². The van der Waals surface area contributed by atoms with Crippen molar-refractivity contribution < 1.29 is 0 Å². The van der Waals surface area contributed by atoms with E-state index in [1.54, 1.807) is 11.3 Å². The molecule has 0 spiro atoms. The smallest absolute Gasteiger partial charge is 0.142 e. The van der Waals surface area contributed by atoms with E-state index in [1.807, 2.05) is 6.07 Å². The van der Waals surface area contributed by atoms with Crippen molar-refractivity contribution in [2.45, 2.75) is 19.3 Å². The molecule has 0 N–H and O–H groups in total. The second-order valence-corrected chi connectivity index (χ2v) is 6.58. The first-order valence-corrected chi connectivity index (χ1v) is 6.55. The molecule has 0 aliphatic carbocycles. The molecule has 0 amide bonds. The lowest BCUT2D eigenvalue weighted by Crippen LogP contribution is -2.18. The fourth-order valence-electron chi connectivity index (χ4n) is 1.44. The van der Waals surface area contributed by atoms with Crippen LogP contribution in [0, 0.1) is 3.01 Å². The summed E-state index contributed by atoms with van der Waals surface area (Å²) in [4.78, 5) is 0. The highest BCUT2D eigenvalue weighted by atomic mass is 127. The first-order valence-electron chi connectivity index (χ1n) is 4.66. The number of aromatic nitrogens is 2. The Bertz CT molecular complexity index is 451. The number of benzene rings is 1. The Morgan fingerprint density at radius 3 is 2.33 bits per heavy atom. The van der Waals surface area contributed by atoms with Gasteiger partial charge in [0.25, 0.3) is 0 Å². The van der Waals surface area contributed by atoms with Gasteiger partial charge in [0.15, 0.2) is 3.01 Å². The number of halogens is 1. The van der Waals surface area contributed by atoms with Gasteiger partial charge in [-0.15, -0.1) is 10.2 Å². The quantitative estimate of drug-likeness (QED) is 0.788. The maximum Gasteiger partial charge on any atom is 0.178 e. The van der Waals surface area contributed by atoms with E-state index in [9.17, 15) is 0 Å². The Labute approximate surface area is 107 Å². The number of hydrogen-bond donors (Lipinski definition) is 0. The molecule has 0 fully saturated rings. The minimum atomic E-state index is -0.0532. The van der Waals surface area contributed by atoms with Crippen molar-refractivity contribution in [3.05, 3.63) is 43.9 Å². The first kappa shape index (κ1) is 11.0. The second kappa shape index (κ2) is 4.17. The highest BCUT2D eigenvalue weighted by Crippen LogP contribution is 2.33. The third kappa shape index (κ3) is 2.20. The minimum absolute atomic E-state index is 0.0532. The molecule has 15 heavy (non-hydrogen) atoms. The Balaban J connectivity index is 2.43. The first-order chi connectivity index (χ1) is 7.10. The van der Waals surface area contributed by atoms with Gasteiger partial charge in [-0.3, -0.25) is 0 Å². The maximum absolute atomic E-state index is 4.22. The van der Waals surface area contributed by atoms with E-state index in [-0.39, 0.29) is 5.41 Å². The van der Waals surface area contributed by atoms with Gasteiger partial charge in [-0.25, -0.2) is 0 Å². The van der Waals surface area contributed by atoms with Crippen molar-refractivity contribution in [1.82, 2.24) is 10.2 Å². The Morgan fingerprint density at radius 2 is 1.80 bits per heavy atom. The zero-order chi connectivity index (χ0) is 10.9. The third-order valence-corrected chi connectivity index (χ3v) is 4.34. The van der Waals surface area contributed by atoms with Crippen LogP contribution >= 0.6 is 33.9 Å². The zero-order valence-corrected chi connectivity index (χ0v) is 11.5. The Kier molecular flexibility index (Phi) is 3.06. The van der Waals surface area contributed by atoms with Crippen LogP contribution in [0.4, 0.5) is 0 Å². The third-order valence-electron chi connectivity index (χ3n) is 2.43. The predicted molar refractivity (Wildman–Crippen MR) is 71.2 cm³/mol. The van der Waals surface area contributed by atoms with Crippen molar-refractivity contribution in [3.8, 4) is 0 Å². The van der Waals surface area contributed by atoms with Crippen LogP contribution in [0.15, 0.2) is 30.3 Å². The molecule has 0 unspecified atom stereocenters. The van der Waals surface area contributed by atoms with Crippen LogP contribution in [0.25, 0.3) is 0 Å². The summed E-state index contributed by atoms with van der Waals surface area (Å²) in [6.45, 7) is 4.36. The number of hydrogen-bond acceptors (Lipinski definition) is 3. The molecule has 0 bridgehead atoms. The molecule has 2 nitrogen and oxygen atoms in total. The summed E-state index contributed by atoms with van der Waals surface area (Å²) in [5, 5.41) is 9.36.